The molecule has 0 aliphatic carbocycles. The van der Waals surface area contributed by atoms with Crippen LogP contribution in [0.4, 0.5) is 5.69 Å². The topological polar surface area (TPSA) is 82.1 Å². The molecule has 1 amide bonds. The lowest BCUT2D eigenvalue weighted by molar-refractivity contribution is -0.139. The van der Waals surface area contributed by atoms with E-state index in [2.05, 4.69) is 10.2 Å². The summed E-state index contributed by atoms with van der Waals surface area (Å²) in [7, 11) is 1.54. The number of carboxylic acids is 1. The van der Waals surface area contributed by atoms with Gasteiger partial charge in [0, 0.05) is 24.8 Å². The van der Waals surface area contributed by atoms with E-state index in [1.54, 1.807) is 25.3 Å². The highest BCUT2D eigenvalue weighted by molar-refractivity contribution is 6.32. The first-order valence-corrected chi connectivity index (χ1v) is 9.12. The SMILES string of the molecule is CCN(CC(=O)O)C1CCN(CC(=O)Nc2ccc(OC)c(Cl)c2)CC1.Cl. The fourth-order valence-electron chi connectivity index (χ4n) is 3.26. The second kappa shape index (κ2) is 11.3. The van der Waals surface area contributed by atoms with Crippen LogP contribution in [0.1, 0.15) is 19.8 Å². The smallest absolute Gasteiger partial charge is 0.317 e. The Hall–Kier alpha value is -1.54. The van der Waals surface area contributed by atoms with Crippen molar-refractivity contribution in [1.82, 2.24) is 9.80 Å². The van der Waals surface area contributed by atoms with E-state index >= 15 is 0 Å². The molecule has 0 aromatic heterocycles. The van der Waals surface area contributed by atoms with Gasteiger partial charge in [0.25, 0.3) is 0 Å². The normalized spacial score (nSPS) is 15.3. The summed E-state index contributed by atoms with van der Waals surface area (Å²) in [5.41, 5.74) is 0.634. The standard InChI is InChI=1S/C18H26ClN3O4.ClH/c1-3-22(12-18(24)25)14-6-8-21(9-7-14)11-17(23)20-13-4-5-16(26-2)15(19)10-13;/h4-5,10,14H,3,6-9,11-12H2,1-2H3,(H,20,23)(H,24,25);1H. The predicted molar refractivity (Wildman–Crippen MR) is 108 cm³/mol. The van der Waals surface area contributed by atoms with Crippen LogP contribution in [0.2, 0.25) is 5.02 Å². The van der Waals surface area contributed by atoms with Gasteiger partial charge in [0.1, 0.15) is 5.75 Å². The summed E-state index contributed by atoms with van der Waals surface area (Å²) in [6, 6.07) is 5.39. The van der Waals surface area contributed by atoms with Gasteiger partial charge in [-0.2, -0.15) is 0 Å². The van der Waals surface area contributed by atoms with Crippen molar-refractivity contribution in [3.8, 4) is 5.75 Å². The third-order valence-corrected chi connectivity index (χ3v) is 4.92. The largest absolute Gasteiger partial charge is 0.495 e. The lowest BCUT2D eigenvalue weighted by atomic mass is 10.0. The number of ether oxygens (including phenoxy) is 1. The van der Waals surface area contributed by atoms with Gasteiger partial charge in [0.05, 0.1) is 25.2 Å². The zero-order valence-electron chi connectivity index (χ0n) is 15.6. The maximum Gasteiger partial charge on any atom is 0.317 e. The summed E-state index contributed by atoms with van der Waals surface area (Å²) in [4.78, 5) is 27.3. The summed E-state index contributed by atoms with van der Waals surface area (Å²) in [6.07, 6.45) is 1.73. The number of nitrogens with one attached hydrogen (secondary N) is 1. The van der Waals surface area contributed by atoms with Gasteiger partial charge < -0.3 is 15.2 Å². The summed E-state index contributed by atoms with van der Waals surface area (Å²) < 4.78 is 5.10. The fourth-order valence-corrected chi connectivity index (χ4v) is 3.52. The molecule has 9 heteroatoms. The number of hydrogen-bond acceptors (Lipinski definition) is 5. The number of rotatable bonds is 8. The molecule has 27 heavy (non-hydrogen) atoms. The molecule has 1 saturated heterocycles. The quantitative estimate of drug-likeness (QED) is 0.673. The summed E-state index contributed by atoms with van der Waals surface area (Å²) >= 11 is 6.07. The Balaban J connectivity index is 0.00000364. The van der Waals surface area contributed by atoms with E-state index in [1.807, 2.05) is 11.8 Å². The number of anilines is 1. The molecule has 152 valence electrons. The van der Waals surface area contributed by atoms with Gasteiger partial charge in [-0.05, 0) is 37.6 Å². The highest BCUT2D eigenvalue weighted by Gasteiger charge is 2.25. The van der Waals surface area contributed by atoms with Gasteiger partial charge in [-0.25, -0.2) is 0 Å². The molecule has 1 aromatic rings. The average molecular weight is 420 g/mol. The van der Waals surface area contributed by atoms with Gasteiger partial charge in [0.2, 0.25) is 5.91 Å². The van der Waals surface area contributed by atoms with Crippen LogP contribution in [0.3, 0.4) is 0 Å². The van der Waals surface area contributed by atoms with E-state index in [1.165, 1.54) is 0 Å². The molecule has 1 aromatic carbocycles. The van der Waals surface area contributed by atoms with Gasteiger partial charge in [-0.15, -0.1) is 12.4 Å². The van der Waals surface area contributed by atoms with Crippen LogP contribution in [0.25, 0.3) is 0 Å². The van der Waals surface area contributed by atoms with Gasteiger partial charge in [-0.1, -0.05) is 18.5 Å². The highest BCUT2D eigenvalue weighted by Crippen LogP contribution is 2.27. The van der Waals surface area contributed by atoms with E-state index in [-0.39, 0.29) is 30.9 Å². The van der Waals surface area contributed by atoms with E-state index in [0.717, 1.165) is 32.5 Å². The fraction of sp³-hybridized carbons (Fsp3) is 0.556. The molecule has 1 heterocycles. The monoisotopic (exact) mass is 419 g/mol. The number of methoxy groups -OCH3 is 1. The average Bonchev–Trinajstić information content (AvgIpc) is 2.60. The number of hydrogen-bond donors (Lipinski definition) is 2. The van der Waals surface area contributed by atoms with Crippen molar-refractivity contribution in [2.45, 2.75) is 25.8 Å². The third-order valence-electron chi connectivity index (χ3n) is 4.62. The van der Waals surface area contributed by atoms with Crippen molar-refractivity contribution in [1.29, 1.82) is 0 Å². The van der Waals surface area contributed by atoms with Crippen LogP contribution in [-0.2, 0) is 9.59 Å². The lowest BCUT2D eigenvalue weighted by Gasteiger charge is -2.37. The molecule has 0 saturated carbocycles. The van der Waals surface area contributed by atoms with Crippen LogP contribution in [-0.4, -0.2) is 72.7 Å². The van der Waals surface area contributed by atoms with E-state index in [4.69, 9.17) is 21.4 Å². The van der Waals surface area contributed by atoms with Crippen LogP contribution < -0.4 is 10.1 Å². The number of carboxylic acid groups (broad SMARTS) is 1. The minimum Gasteiger partial charge on any atom is -0.495 e. The van der Waals surface area contributed by atoms with Crippen molar-refractivity contribution in [2.75, 3.05) is 45.2 Å². The van der Waals surface area contributed by atoms with Gasteiger partial charge in [-0.3, -0.25) is 19.4 Å². The molecule has 2 rings (SSSR count). The molecular weight excluding hydrogens is 393 g/mol. The van der Waals surface area contributed by atoms with Gasteiger partial charge in [0.15, 0.2) is 0 Å². The van der Waals surface area contributed by atoms with E-state index in [0.29, 0.717) is 23.0 Å². The molecule has 1 fully saturated rings. The third kappa shape index (κ3) is 7.18. The number of carbonyl (C=O) groups is 2. The molecule has 0 unspecified atom stereocenters. The molecule has 1 aliphatic rings. The van der Waals surface area contributed by atoms with Gasteiger partial charge >= 0.3 is 5.97 Å². The predicted octanol–water partition coefficient (Wildman–Crippen LogP) is 2.58. The van der Waals surface area contributed by atoms with Crippen molar-refractivity contribution < 1.29 is 19.4 Å². The Morgan fingerprint density at radius 1 is 1.37 bits per heavy atom. The second-order valence-electron chi connectivity index (χ2n) is 6.36. The van der Waals surface area contributed by atoms with Crippen molar-refractivity contribution >= 4 is 41.6 Å². The van der Waals surface area contributed by atoms with Crippen LogP contribution in [0.5, 0.6) is 5.75 Å². The highest BCUT2D eigenvalue weighted by atomic mass is 35.5. The summed E-state index contributed by atoms with van der Waals surface area (Å²) in [5.74, 6) is -0.331. The number of carbonyl (C=O) groups excluding carboxylic acids is 1. The Labute approximate surface area is 171 Å². The molecule has 0 atom stereocenters. The zero-order valence-corrected chi connectivity index (χ0v) is 17.2. The van der Waals surface area contributed by atoms with Crippen molar-refractivity contribution in [2.24, 2.45) is 0 Å². The number of likely N-dealkylation sites (N-methyl/N-ethyl adjacent to an activating group) is 1. The Morgan fingerprint density at radius 2 is 2.04 bits per heavy atom. The van der Waals surface area contributed by atoms with Crippen molar-refractivity contribution in [3.63, 3.8) is 0 Å². The number of benzene rings is 1. The number of piperidine rings is 1. The summed E-state index contributed by atoms with van der Waals surface area (Å²) in [6.45, 7) is 4.62. The lowest BCUT2D eigenvalue weighted by Crippen LogP contribution is -2.48. The number of nitrogens with zero attached hydrogens (tertiary/aromatic N) is 2. The first-order valence-electron chi connectivity index (χ1n) is 8.74. The number of aliphatic carboxylic acids is 1. The van der Waals surface area contributed by atoms with Crippen molar-refractivity contribution in [3.05, 3.63) is 23.2 Å². The molecule has 0 radical (unpaired) electrons. The Morgan fingerprint density at radius 3 is 2.56 bits per heavy atom. The number of amides is 1. The second-order valence-corrected chi connectivity index (χ2v) is 6.77. The molecular formula is C18H27Cl2N3O4. The number of likely N-dealkylation sites (tertiary alicyclic amines) is 1. The van der Waals surface area contributed by atoms with E-state index < -0.39 is 5.97 Å². The molecule has 0 bridgehead atoms. The minimum absolute atomic E-state index is 0. The number of halogens is 2. The first kappa shape index (κ1) is 23.5. The summed E-state index contributed by atoms with van der Waals surface area (Å²) in [5, 5.41) is 12.3. The van der Waals surface area contributed by atoms with Crippen LogP contribution in [0, 0.1) is 0 Å². The molecule has 2 N–H and O–H groups in total. The van der Waals surface area contributed by atoms with E-state index in [9.17, 15) is 9.59 Å². The van der Waals surface area contributed by atoms with Crippen LogP contribution in [0.15, 0.2) is 18.2 Å². The Bertz CT molecular complexity index is 637. The zero-order chi connectivity index (χ0) is 19.1. The van der Waals surface area contributed by atoms with Crippen LogP contribution >= 0.6 is 24.0 Å². The first-order chi connectivity index (χ1) is 12.4. The Kier molecular flexibility index (Phi) is 9.87. The minimum atomic E-state index is -0.799. The molecule has 0 spiro atoms. The molecule has 1 aliphatic heterocycles. The molecule has 7 nitrogen and oxygen atoms in total. The maximum atomic E-state index is 12.2. The maximum absolute atomic E-state index is 12.2.